The highest BCUT2D eigenvalue weighted by Gasteiger charge is 1.99. The van der Waals surface area contributed by atoms with Crippen molar-refractivity contribution in [3.05, 3.63) is 33.8 Å². The molecule has 0 aliphatic heterocycles. The van der Waals surface area contributed by atoms with Crippen LogP contribution in [0.5, 0.6) is 0 Å². The Hall–Kier alpha value is -0.800. The summed E-state index contributed by atoms with van der Waals surface area (Å²) in [4.78, 5) is 0. The number of nitrogen functional groups attached to an aromatic ring is 1. The first kappa shape index (κ1) is 10.3. The molecule has 1 aromatic carbocycles. The Labute approximate surface area is 86.2 Å². The fourth-order valence-corrected chi connectivity index (χ4v) is 1.37. The minimum Gasteiger partial charge on any atom is -0.397 e. The predicted octanol–water partition coefficient (Wildman–Crippen LogP) is 2.43. The fraction of sp³-hybridized carbons (Fsp3) is 0.200. The Balaban J connectivity index is 3.09. The van der Waals surface area contributed by atoms with Gasteiger partial charge >= 0.3 is 0 Å². The third kappa shape index (κ3) is 2.57. The summed E-state index contributed by atoms with van der Waals surface area (Å²) in [5.74, 6) is 0. The first-order valence-electron chi connectivity index (χ1n) is 3.97. The first-order valence-corrected chi connectivity index (χ1v) is 4.76. The van der Waals surface area contributed by atoms with E-state index >= 15 is 0 Å². The van der Waals surface area contributed by atoms with Gasteiger partial charge in [0.1, 0.15) is 0 Å². The van der Waals surface area contributed by atoms with Gasteiger partial charge in [-0.25, -0.2) is 0 Å². The second kappa shape index (κ2) is 4.44. The summed E-state index contributed by atoms with van der Waals surface area (Å²) in [5.41, 5.74) is 8.34. The maximum Gasteiger partial charge on any atom is 0.0642 e. The van der Waals surface area contributed by atoms with Crippen LogP contribution in [0.4, 0.5) is 5.69 Å². The van der Waals surface area contributed by atoms with Crippen molar-refractivity contribution in [2.45, 2.75) is 6.92 Å². The van der Waals surface area contributed by atoms with Crippen LogP contribution in [0.2, 0.25) is 0 Å². The zero-order chi connectivity index (χ0) is 9.84. The van der Waals surface area contributed by atoms with Crippen LogP contribution in [0.3, 0.4) is 0 Å². The molecule has 0 amide bonds. The number of anilines is 1. The van der Waals surface area contributed by atoms with Crippen molar-refractivity contribution < 1.29 is 5.11 Å². The average molecular weight is 242 g/mol. The van der Waals surface area contributed by atoms with Crippen LogP contribution in [-0.4, -0.2) is 11.7 Å². The summed E-state index contributed by atoms with van der Waals surface area (Å²) >= 11 is 3.34. The Morgan fingerprint density at radius 3 is 2.92 bits per heavy atom. The molecule has 0 spiro atoms. The van der Waals surface area contributed by atoms with Crippen LogP contribution in [0.25, 0.3) is 6.08 Å². The molecule has 0 saturated heterocycles. The summed E-state index contributed by atoms with van der Waals surface area (Å²) in [6.45, 7) is 1.92. The summed E-state index contributed by atoms with van der Waals surface area (Å²) < 4.78 is 0.881. The van der Waals surface area contributed by atoms with Gasteiger partial charge in [0.05, 0.1) is 12.3 Å². The van der Waals surface area contributed by atoms with E-state index in [9.17, 15) is 0 Å². The summed E-state index contributed by atoms with van der Waals surface area (Å²) in [7, 11) is 0. The number of aliphatic hydroxyl groups excluding tert-OH is 1. The highest BCUT2D eigenvalue weighted by molar-refractivity contribution is 9.10. The van der Waals surface area contributed by atoms with Gasteiger partial charge in [0.25, 0.3) is 0 Å². The van der Waals surface area contributed by atoms with Gasteiger partial charge in [0, 0.05) is 4.47 Å². The molecule has 3 heteroatoms. The molecule has 1 rings (SSSR count). The lowest BCUT2D eigenvalue weighted by Gasteiger charge is -2.03. The Morgan fingerprint density at radius 2 is 2.31 bits per heavy atom. The second-order valence-electron chi connectivity index (χ2n) is 2.89. The quantitative estimate of drug-likeness (QED) is 0.782. The molecule has 0 radical (unpaired) electrons. The van der Waals surface area contributed by atoms with Crippen LogP contribution < -0.4 is 5.73 Å². The number of nitrogens with two attached hydrogens (primary N) is 1. The SMILES string of the molecule is C/C(=C\c1cccc(Br)c1N)CO. The molecule has 70 valence electrons. The Kier molecular flexibility index (Phi) is 3.51. The van der Waals surface area contributed by atoms with Crippen LogP contribution in [0.1, 0.15) is 12.5 Å². The molecule has 13 heavy (non-hydrogen) atoms. The van der Waals surface area contributed by atoms with E-state index in [1.54, 1.807) is 0 Å². The molecule has 0 aliphatic carbocycles. The first-order chi connectivity index (χ1) is 6.15. The number of halogens is 1. The van der Waals surface area contributed by atoms with Crippen LogP contribution in [0.15, 0.2) is 28.2 Å². The topological polar surface area (TPSA) is 46.2 Å². The molecule has 0 saturated carbocycles. The van der Waals surface area contributed by atoms with Crippen molar-refractivity contribution in [3.8, 4) is 0 Å². The van der Waals surface area contributed by atoms with E-state index in [4.69, 9.17) is 10.8 Å². The predicted molar refractivity (Wildman–Crippen MR) is 59.3 cm³/mol. The maximum atomic E-state index is 8.84. The van der Waals surface area contributed by atoms with Gasteiger partial charge in [-0.15, -0.1) is 0 Å². The van der Waals surface area contributed by atoms with Gasteiger partial charge in [-0.2, -0.15) is 0 Å². The zero-order valence-corrected chi connectivity index (χ0v) is 9.01. The number of rotatable bonds is 2. The van der Waals surface area contributed by atoms with E-state index in [1.807, 2.05) is 31.2 Å². The molecular weight excluding hydrogens is 230 g/mol. The van der Waals surface area contributed by atoms with Gasteiger partial charge in [0.15, 0.2) is 0 Å². The van der Waals surface area contributed by atoms with Gasteiger partial charge in [-0.3, -0.25) is 0 Å². The van der Waals surface area contributed by atoms with E-state index in [2.05, 4.69) is 15.9 Å². The highest BCUT2D eigenvalue weighted by Crippen LogP contribution is 2.24. The molecule has 2 nitrogen and oxygen atoms in total. The van der Waals surface area contributed by atoms with Crippen molar-refractivity contribution in [2.75, 3.05) is 12.3 Å². The summed E-state index contributed by atoms with van der Waals surface area (Å²) in [6, 6.07) is 5.72. The van der Waals surface area contributed by atoms with Crippen molar-refractivity contribution in [2.24, 2.45) is 0 Å². The van der Waals surface area contributed by atoms with Crippen molar-refractivity contribution in [1.29, 1.82) is 0 Å². The standard InChI is InChI=1S/C10H12BrNO/c1-7(6-13)5-8-3-2-4-9(11)10(8)12/h2-5,13H,6,12H2,1H3/b7-5+. The molecule has 0 atom stereocenters. The lowest BCUT2D eigenvalue weighted by molar-refractivity contribution is 0.332. The highest BCUT2D eigenvalue weighted by atomic mass is 79.9. The molecule has 0 aliphatic rings. The van der Waals surface area contributed by atoms with E-state index in [1.165, 1.54) is 0 Å². The van der Waals surface area contributed by atoms with Crippen LogP contribution in [-0.2, 0) is 0 Å². The molecule has 1 aromatic rings. The molecule has 0 aromatic heterocycles. The van der Waals surface area contributed by atoms with Gasteiger partial charge in [-0.05, 0) is 40.1 Å². The van der Waals surface area contributed by atoms with E-state index in [0.717, 1.165) is 15.6 Å². The zero-order valence-electron chi connectivity index (χ0n) is 7.42. The summed E-state index contributed by atoms with van der Waals surface area (Å²) in [5, 5.41) is 8.84. The molecule has 0 unspecified atom stereocenters. The third-order valence-electron chi connectivity index (χ3n) is 1.74. The maximum absolute atomic E-state index is 8.84. The van der Waals surface area contributed by atoms with Crippen LogP contribution in [0, 0.1) is 0 Å². The fourth-order valence-electron chi connectivity index (χ4n) is 0.991. The lowest BCUT2D eigenvalue weighted by atomic mass is 10.1. The van der Waals surface area contributed by atoms with E-state index in [0.29, 0.717) is 5.69 Å². The molecule has 0 heterocycles. The molecule has 0 fully saturated rings. The largest absolute Gasteiger partial charge is 0.397 e. The van der Waals surface area contributed by atoms with Gasteiger partial charge in [-0.1, -0.05) is 18.2 Å². The number of benzene rings is 1. The van der Waals surface area contributed by atoms with E-state index in [-0.39, 0.29) is 6.61 Å². The Morgan fingerprint density at radius 1 is 1.62 bits per heavy atom. The average Bonchev–Trinajstić information content (AvgIpc) is 2.13. The Bertz CT molecular complexity index is 334. The number of para-hydroxylation sites is 1. The molecule has 3 N–H and O–H groups in total. The van der Waals surface area contributed by atoms with Crippen LogP contribution >= 0.6 is 15.9 Å². The third-order valence-corrected chi connectivity index (χ3v) is 2.43. The monoisotopic (exact) mass is 241 g/mol. The number of hydrogen-bond acceptors (Lipinski definition) is 2. The smallest absolute Gasteiger partial charge is 0.0642 e. The second-order valence-corrected chi connectivity index (χ2v) is 3.75. The lowest BCUT2D eigenvalue weighted by Crippen LogP contribution is -1.92. The minimum atomic E-state index is 0.0615. The van der Waals surface area contributed by atoms with E-state index < -0.39 is 0 Å². The van der Waals surface area contributed by atoms with Crippen molar-refractivity contribution in [3.63, 3.8) is 0 Å². The van der Waals surface area contributed by atoms with Gasteiger partial charge in [0.2, 0.25) is 0 Å². The van der Waals surface area contributed by atoms with Gasteiger partial charge < -0.3 is 10.8 Å². The number of hydrogen-bond donors (Lipinski definition) is 2. The van der Waals surface area contributed by atoms with Crippen molar-refractivity contribution in [1.82, 2.24) is 0 Å². The molecule has 0 bridgehead atoms. The minimum absolute atomic E-state index is 0.0615. The van der Waals surface area contributed by atoms with Crippen molar-refractivity contribution >= 4 is 27.7 Å². The number of aliphatic hydroxyl groups is 1. The molecular formula is C10H12BrNO. The normalized spacial score (nSPS) is 11.8. The summed E-state index contributed by atoms with van der Waals surface area (Å²) in [6.07, 6.45) is 1.88.